The maximum atomic E-state index is 8.93. The van der Waals surface area contributed by atoms with Gasteiger partial charge in [-0.3, -0.25) is 0 Å². The molecule has 2 nitrogen and oxygen atoms in total. The second-order valence-corrected chi connectivity index (χ2v) is 4.67. The van der Waals surface area contributed by atoms with Gasteiger partial charge < -0.3 is 9.84 Å². The van der Waals surface area contributed by atoms with Crippen LogP contribution >= 0.6 is 23.2 Å². The molecular weight excluding hydrogens is 271 g/mol. The number of aliphatic hydroxyl groups is 1. The molecule has 0 atom stereocenters. The SMILES string of the molecule is OCc1ccc(OCc2cc(Cl)ccc2Cl)cc1. The fraction of sp³-hybridized carbons (Fsp3) is 0.143. The van der Waals surface area contributed by atoms with Crippen LogP contribution in [-0.4, -0.2) is 5.11 Å². The van der Waals surface area contributed by atoms with Crippen LogP contribution in [0.15, 0.2) is 42.5 Å². The minimum atomic E-state index is 0.0282. The van der Waals surface area contributed by atoms with Crippen molar-refractivity contribution in [1.29, 1.82) is 0 Å². The van der Waals surface area contributed by atoms with E-state index in [9.17, 15) is 0 Å². The topological polar surface area (TPSA) is 29.5 Å². The first-order valence-corrected chi connectivity index (χ1v) is 6.21. The molecule has 4 heteroatoms. The average Bonchev–Trinajstić information content (AvgIpc) is 2.40. The van der Waals surface area contributed by atoms with E-state index in [1.54, 1.807) is 18.2 Å². The van der Waals surface area contributed by atoms with E-state index < -0.39 is 0 Å². The van der Waals surface area contributed by atoms with Gasteiger partial charge in [0, 0.05) is 15.6 Å². The van der Waals surface area contributed by atoms with E-state index >= 15 is 0 Å². The highest BCUT2D eigenvalue weighted by molar-refractivity contribution is 6.33. The summed E-state index contributed by atoms with van der Waals surface area (Å²) in [5, 5.41) is 10.2. The monoisotopic (exact) mass is 282 g/mol. The Morgan fingerprint density at radius 3 is 2.39 bits per heavy atom. The van der Waals surface area contributed by atoms with Gasteiger partial charge in [0.15, 0.2) is 0 Å². The molecule has 0 heterocycles. The van der Waals surface area contributed by atoms with Gasteiger partial charge in [0.1, 0.15) is 12.4 Å². The third-order valence-electron chi connectivity index (χ3n) is 2.51. The van der Waals surface area contributed by atoms with Gasteiger partial charge in [0.25, 0.3) is 0 Å². The largest absolute Gasteiger partial charge is 0.489 e. The molecule has 0 fully saturated rings. The van der Waals surface area contributed by atoms with Gasteiger partial charge >= 0.3 is 0 Å². The summed E-state index contributed by atoms with van der Waals surface area (Å²) in [6.07, 6.45) is 0. The molecule has 94 valence electrons. The third-order valence-corrected chi connectivity index (χ3v) is 3.11. The van der Waals surface area contributed by atoms with Gasteiger partial charge in [-0.25, -0.2) is 0 Å². The molecule has 0 spiro atoms. The molecule has 0 saturated carbocycles. The minimum Gasteiger partial charge on any atom is -0.489 e. The lowest BCUT2D eigenvalue weighted by atomic mass is 10.2. The summed E-state index contributed by atoms with van der Waals surface area (Å²) in [5.74, 6) is 0.725. The fourth-order valence-corrected chi connectivity index (χ4v) is 1.87. The van der Waals surface area contributed by atoms with Crippen molar-refractivity contribution in [3.63, 3.8) is 0 Å². The van der Waals surface area contributed by atoms with Gasteiger partial charge in [-0.15, -0.1) is 0 Å². The van der Waals surface area contributed by atoms with Crippen LogP contribution in [0.5, 0.6) is 5.75 Å². The number of hydrogen-bond acceptors (Lipinski definition) is 2. The molecule has 0 saturated heterocycles. The van der Waals surface area contributed by atoms with E-state index in [4.69, 9.17) is 33.0 Å². The molecule has 2 aromatic rings. The smallest absolute Gasteiger partial charge is 0.119 e. The Bertz CT molecular complexity index is 524. The highest BCUT2D eigenvalue weighted by Crippen LogP contribution is 2.22. The molecule has 0 radical (unpaired) electrons. The fourth-order valence-electron chi connectivity index (χ4n) is 1.51. The Hall–Kier alpha value is -1.22. The van der Waals surface area contributed by atoms with Crippen molar-refractivity contribution < 1.29 is 9.84 Å². The van der Waals surface area contributed by atoms with E-state index in [1.807, 2.05) is 24.3 Å². The normalized spacial score (nSPS) is 10.4. The second kappa shape index (κ2) is 6.10. The number of hydrogen-bond donors (Lipinski definition) is 1. The summed E-state index contributed by atoms with van der Waals surface area (Å²) in [6, 6.07) is 12.5. The van der Waals surface area contributed by atoms with Crippen molar-refractivity contribution in [3.05, 3.63) is 63.6 Å². The molecular formula is C14H12Cl2O2. The van der Waals surface area contributed by atoms with E-state index in [-0.39, 0.29) is 6.61 Å². The number of rotatable bonds is 4. The maximum Gasteiger partial charge on any atom is 0.119 e. The summed E-state index contributed by atoms with van der Waals surface area (Å²) in [6.45, 7) is 0.387. The van der Waals surface area contributed by atoms with Crippen LogP contribution in [0, 0.1) is 0 Å². The zero-order chi connectivity index (χ0) is 13.0. The molecule has 1 N–H and O–H groups in total. The Morgan fingerprint density at radius 2 is 1.72 bits per heavy atom. The Balaban J connectivity index is 2.04. The lowest BCUT2D eigenvalue weighted by Gasteiger charge is -2.08. The van der Waals surface area contributed by atoms with E-state index in [0.717, 1.165) is 16.9 Å². The van der Waals surface area contributed by atoms with E-state index in [1.165, 1.54) is 0 Å². The van der Waals surface area contributed by atoms with Crippen molar-refractivity contribution >= 4 is 23.2 Å². The summed E-state index contributed by atoms with van der Waals surface area (Å²) < 4.78 is 5.60. The summed E-state index contributed by atoms with van der Waals surface area (Å²) in [4.78, 5) is 0. The molecule has 0 aliphatic heterocycles. The van der Waals surface area contributed by atoms with Crippen LogP contribution in [-0.2, 0) is 13.2 Å². The van der Waals surface area contributed by atoms with Crippen molar-refractivity contribution in [3.8, 4) is 5.75 Å². The first-order chi connectivity index (χ1) is 8.69. The summed E-state index contributed by atoms with van der Waals surface area (Å²) >= 11 is 11.9. The van der Waals surface area contributed by atoms with Crippen molar-refractivity contribution in [2.24, 2.45) is 0 Å². The zero-order valence-electron chi connectivity index (χ0n) is 9.57. The van der Waals surface area contributed by atoms with Crippen LogP contribution < -0.4 is 4.74 Å². The summed E-state index contributed by atoms with van der Waals surface area (Å²) in [7, 11) is 0. The molecule has 18 heavy (non-hydrogen) atoms. The van der Waals surface area contributed by atoms with Crippen LogP contribution in [0.25, 0.3) is 0 Å². The average molecular weight is 283 g/mol. The van der Waals surface area contributed by atoms with Gasteiger partial charge in [0.05, 0.1) is 6.61 Å². The van der Waals surface area contributed by atoms with Gasteiger partial charge in [-0.2, -0.15) is 0 Å². The lowest BCUT2D eigenvalue weighted by Crippen LogP contribution is -1.96. The molecule has 0 amide bonds. The molecule has 2 aromatic carbocycles. The maximum absolute atomic E-state index is 8.93. The third kappa shape index (κ3) is 3.39. The van der Waals surface area contributed by atoms with E-state index in [0.29, 0.717) is 16.7 Å². The standard InChI is InChI=1S/C14H12Cl2O2/c15-12-3-6-14(16)11(7-12)9-18-13-4-1-10(8-17)2-5-13/h1-7,17H,8-9H2. The van der Waals surface area contributed by atoms with Crippen molar-refractivity contribution in [1.82, 2.24) is 0 Å². The Labute approximate surface area is 116 Å². The van der Waals surface area contributed by atoms with Gasteiger partial charge in [-0.1, -0.05) is 35.3 Å². The van der Waals surface area contributed by atoms with Crippen LogP contribution in [0.1, 0.15) is 11.1 Å². The number of ether oxygens (including phenoxy) is 1. The first kappa shape index (κ1) is 13.2. The number of benzene rings is 2. The first-order valence-electron chi connectivity index (χ1n) is 5.45. The number of aliphatic hydroxyl groups excluding tert-OH is 1. The quantitative estimate of drug-likeness (QED) is 0.916. The van der Waals surface area contributed by atoms with Gasteiger partial charge in [-0.05, 0) is 35.9 Å². The molecule has 0 unspecified atom stereocenters. The zero-order valence-corrected chi connectivity index (χ0v) is 11.1. The van der Waals surface area contributed by atoms with Crippen molar-refractivity contribution in [2.75, 3.05) is 0 Å². The Morgan fingerprint density at radius 1 is 1.00 bits per heavy atom. The second-order valence-electron chi connectivity index (χ2n) is 3.83. The van der Waals surface area contributed by atoms with Gasteiger partial charge in [0.2, 0.25) is 0 Å². The highest BCUT2D eigenvalue weighted by Gasteiger charge is 2.02. The predicted octanol–water partition coefficient (Wildman–Crippen LogP) is 4.06. The van der Waals surface area contributed by atoms with Crippen LogP contribution in [0.2, 0.25) is 10.0 Å². The predicted molar refractivity (Wildman–Crippen MR) is 73.2 cm³/mol. The summed E-state index contributed by atoms with van der Waals surface area (Å²) in [5.41, 5.74) is 1.69. The van der Waals surface area contributed by atoms with E-state index in [2.05, 4.69) is 0 Å². The van der Waals surface area contributed by atoms with Crippen LogP contribution in [0.3, 0.4) is 0 Å². The van der Waals surface area contributed by atoms with Crippen molar-refractivity contribution in [2.45, 2.75) is 13.2 Å². The lowest BCUT2D eigenvalue weighted by molar-refractivity contribution is 0.280. The van der Waals surface area contributed by atoms with Crippen LogP contribution in [0.4, 0.5) is 0 Å². The number of halogens is 2. The highest BCUT2D eigenvalue weighted by atomic mass is 35.5. The Kier molecular flexibility index (Phi) is 4.48. The molecule has 0 aliphatic carbocycles. The molecule has 0 aliphatic rings. The molecule has 0 bridgehead atoms. The minimum absolute atomic E-state index is 0.0282. The molecule has 0 aromatic heterocycles. The molecule has 2 rings (SSSR count).